The first-order valence-corrected chi connectivity index (χ1v) is 4.26. The van der Waals surface area contributed by atoms with E-state index in [-0.39, 0.29) is 11.3 Å². The molecule has 1 rings (SSSR count). The summed E-state index contributed by atoms with van der Waals surface area (Å²) < 4.78 is 36.1. The molecule has 1 aromatic rings. The second kappa shape index (κ2) is 4.44. The van der Waals surface area contributed by atoms with Crippen LogP contribution in [0, 0.1) is 0 Å². The summed E-state index contributed by atoms with van der Waals surface area (Å²) >= 11 is 0. The highest BCUT2D eigenvalue weighted by atomic mass is 19.3. The number of hydrogen-bond donors (Lipinski definition) is 1. The van der Waals surface area contributed by atoms with E-state index in [0.717, 1.165) is 0 Å². The van der Waals surface area contributed by atoms with Gasteiger partial charge >= 0.3 is 0 Å². The number of alkyl halides is 2. The monoisotopic (exact) mass is 218 g/mol. The zero-order valence-corrected chi connectivity index (χ0v) is 8.46. The predicted molar refractivity (Wildman–Crippen MR) is 50.5 cm³/mol. The van der Waals surface area contributed by atoms with E-state index in [1.54, 1.807) is 0 Å². The van der Waals surface area contributed by atoms with Gasteiger partial charge in [0.1, 0.15) is 18.1 Å². The molecule has 0 aliphatic heterocycles. The van der Waals surface area contributed by atoms with Crippen LogP contribution in [0.5, 0.6) is 11.5 Å². The molecule has 1 N–H and O–H groups in total. The minimum atomic E-state index is -3.31. The number of benzene rings is 1. The molecule has 0 aliphatic carbocycles. The summed E-state index contributed by atoms with van der Waals surface area (Å²) in [5.41, 5.74) is -0.353. The van der Waals surface area contributed by atoms with Crippen LogP contribution < -0.4 is 9.47 Å². The lowest BCUT2D eigenvalue weighted by atomic mass is 10.1. The fourth-order valence-corrected chi connectivity index (χ4v) is 1.19. The molecular weight excluding hydrogens is 206 g/mol. The Hall–Kier alpha value is -1.36. The minimum absolute atomic E-state index is 0.00611. The van der Waals surface area contributed by atoms with Crippen molar-refractivity contribution in [3.63, 3.8) is 0 Å². The minimum Gasteiger partial charge on any atom is -0.497 e. The van der Waals surface area contributed by atoms with E-state index in [1.807, 2.05) is 0 Å². The van der Waals surface area contributed by atoms with Gasteiger partial charge in [-0.1, -0.05) is 0 Å². The third-order valence-electron chi connectivity index (χ3n) is 2.00. The van der Waals surface area contributed by atoms with Gasteiger partial charge in [0, 0.05) is 6.07 Å². The van der Waals surface area contributed by atoms with Crippen molar-refractivity contribution in [1.29, 1.82) is 0 Å². The summed E-state index contributed by atoms with van der Waals surface area (Å²) in [7, 11) is 2.71. The Labute approximate surface area is 86.2 Å². The smallest absolute Gasteiger partial charge is 0.299 e. The number of aliphatic hydroxyl groups is 1. The van der Waals surface area contributed by atoms with Gasteiger partial charge in [-0.2, -0.15) is 8.78 Å². The van der Waals surface area contributed by atoms with Crippen molar-refractivity contribution in [3.05, 3.63) is 23.8 Å². The van der Waals surface area contributed by atoms with Gasteiger partial charge in [-0.05, 0) is 12.1 Å². The topological polar surface area (TPSA) is 38.7 Å². The standard InChI is InChI=1S/C10H12F2O3/c1-14-7-3-4-8(9(5-7)15-2)10(11,12)6-13/h3-5,13H,6H2,1-2H3. The molecule has 0 heterocycles. The van der Waals surface area contributed by atoms with E-state index in [2.05, 4.69) is 0 Å². The maximum absolute atomic E-state index is 13.2. The van der Waals surface area contributed by atoms with Crippen LogP contribution in [-0.4, -0.2) is 25.9 Å². The van der Waals surface area contributed by atoms with Crippen molar-refractivity contribution in [1.82, 2.24) is 0 Å². The van der Waals surface area contributed by atoms with Crippen LogP contribution in [0.25, 0.3) is 0 Å². The Morgan fingerprint density at radius 1 is 1.27 bits per heavy atom. The van der Waals surface area contributed by atoms with Crippen LogP contribution in [-0.2, 0) is 5.92 Å². The van der Waals surface area contributed by atoms with Gasteiger partial charge in [-0.3, -0.25) is 0 Å². The Kier molecular flexibility index (Phi) is 3.47. The fourth-order valence-electron chi connectivity index (χ4n) is 1.19. The molecule has 0 saturated heterocycles. The Morgan fingerprint density at radius 3 is 2.40 bits per heavy atom. The van der Waals surface area contributed by atoms with Crippen LogP contribution in [0.2, 0.25) is 0 Å². The van der Waals surface area contributed by atoms with Crippen molar-refractivity contribution < 1.29 is 23.4 Å². The van der Waals surface area contributed by atoms with Crippen molar-refractivity contribution in [3.8, 4) is 11.5 Å². The van der Waals surface area contributed by atoms with Crippen molar-refractivity contribution in [2.45, 2.75) is 5.92 Å². The van der Waals surface area contributed by atoms with Gasteiger partial charge in [0.15, 0.2) is 0 Å². The largest absolute Gasteiger partial charge is 0.497 e. The molecular formula is C10H12F2O3. The number of halogens is 2. The van der Waals surface area contributed by atoms with Crippen LogP contribution in [0.1, 0.15) is 5.56 Å². The van der Waals surface area contributed by atoms with E-state index >= 15 is 0 Å². The number of rotatable bonds is 4. The average molecular weight is 218 g/mol. The number of ether oxygens (including phenoxy) is 2. The van der Waals surface area contributed by atoms with Crippen LogP contribution >= 0.6 is 0 Å². The molecule has 5 heteroatoms. The zero-order valence-electron chi connectivity index (χ0n) is 8.46. The number of aliphatic hydroxyl groups excluding tert-OH is 1. The Bertz CT molecular complexity index is 339. The molecule has 15 heavy (non-hydrogen) atoms. The first-order valence-electron chi connectivity index (χ1n) is 4.26. The van der Waals surface area contributed by atoms with E-state index in [1.165, 1.54) is 32.4 Å². The van der Waals surface area contributed by atoms with Crippen molar-refractivity contribution >= 4 is 0 Å². The average Bonchev–Trinajstić information content (AvgIpc) is 2.28. The highest BCUT2D eigenvalue weighted by Gasteiger charge is 2.34. The second-order valence-corrected chi connectivity index (χ2v) is 2.93. The fraction of sp³-hybridized carbons (Fsp3) is 0.400. The molecule has 0 bridgehead atoms. The molecule has 0 aliphatic rings. The lowest BCUT2D eigenvalue weighted by Gasteiger charge is -2.17. The molecule has 84 valence electrons. The molecule has 0 fully saturated rings. The Balaban J connectivity index is 3.18. The zero-order chi connectivity index (χ0) is 11.5. The van der Waals surface area contributed by atoms with Crippen LogP contribution in [0.15, 0.2) is 18.2 Å². The lowest BCUT2D eigenvalue weighted by Crippen LogP contribution is -2.19. The van der Waals surface area contributed by atoms with E-state index < -0.39 is 12.5 Å². The molecule has 0 spiro atoms. The summed E-state index contributed by atoms with van der Waals surface area (Å²) in [6.07, 6.45) is 0. The molecule has 0 radical (unpaired) electrons. The number of methoxy groups -OCH3 is 2. The summed E-state index contributed by atoms with van der Waals surface area (Å²) in [6.45, 7) is -1.25. The van der Waals surface area contributed by atoms with Crippen LogP contribution in [0.4, 0.5) is 8.78 Å². The molecule has 0 unspecified atom stereocenters. The summed E-state index contributed by atoms with van der Waals surface area (Å²) in [5.74, 6) is -2.89. The van der Waals surface area contributed by atoms with Crippen molar-refractivity contribution in [2.24, 2.45) is 0 Å². The molecule has 0 saturated carbocycles. The molecule has 0 amide bonds. The first-order chi connectivity index (χ1) is 7.05. The molecule has 0 atom stereocenters. The van der Waals surface area contributed by atoms with E-state index in [0.29, 0.717) is 5.75 Å². The van der Waals surface area contributed by atoms with Gasteiger partial charge < -0.3 is 14.6 Å². The molecule has 1 aromatic carbocycles. The van der Waals surface area contributed by atoms with Crippen molar-refractivity contribution in [2.75, 3.05) is 20.8 Å². The van der Waals surface area contributed by atoms with Gasteiger partial charge in [0.05, 0.1) is 19.8 Å². The quantitative estimate of drug-likeness (QED) is 0.837. The normalized spacial score (nSPS) is 11.3. The molecule has 0 aromatic heterocycles. The van der Waals surface area contributed by atoms with E-state index in [4.69, 9.17) is 14.6 Å². The SMILES string of the molecule is COc1ccc(C(F)(F)CO)c(OC)c1. The highest BCUT2D eigenvalue weighted by Crippen LogP contribution is 2.36. The summed E-state index contributed by atoms with van der Waals surface area (Å²) in [6, 6.07) is 3.91. The second-order valence-electron chi connectivity index (χ2n) is 2.93. The first kappa shape index (κ1) is 11.7. The third kappa shape index (κ3) is 2.36. The molecule has 3 nitrogen and oxygen atoms in total. The maximum Gasteiger partial charge on any atom is 0.299 e. The van der Waals surface area contributed by atoms with Gasteiger partial charge in [-0.15, -0.1) is 0 Å². The Morgan fingerprint density at radius 2 is 1.93 bits per heavy atom. The third-order valence-corrected chi connectivity index (χ3v) is 2.00. The van der Waals surface area contributed by atoms with Gasteiger partial charge in [0.25, 0.3) is 5.92 Å². The van der Waals surface area contributed by atoms with Gasteiger partial charge in [0.2, 0.25) is 0 Å². The summed E-state index contributed by atoms with van der Waals surface area (Å²) in [5, 5.41) is 8.56. The summed E-state index contributed by atoms with van der Waals surface area (Å²) in [4.78, 5) is 0. The maximum atomic E-state index is 13.2. The van der Waals surface area contributed by atoms with Crippen LogP contribution in [0.3, 0.4) is 0 Å². The number of hydrogen-bond acceptors (Lipinski definition) is 3. The lowest BCUT2D eigenvalue weighted by molar-refractivity contribution is -0.0571. The highest BCUT2D eigenvalue weighted by molar-refractivity contribution is 5.43. The van der Waals surface area contributed by atoms with E-state index in [9.17, 15) is 8.78 Å². The van der Waals surface area contributed by atoms with Gasteiger partial charge in [-0.25, -0.2) is 0 Å². The predicted octanol–water partition coefficient (Wildman–Crippen LogP) is 1.79.